The molecule has 0 radical (unpaired) electrons. The Morgan fingerprint density at radius 2 is 2.13 bits per heavy atom. The lowest BCUT2D eigenvalue weighted by Gasteiger charge is -2.57. The van der Waals surface area contributed by atoms with Gasteiger partial charge in [-0.05, 0) is 39.5 Å². The fourth-order valence-electron chi connectivity index (χ4n) is 4.87. The summed E-state index contributed by atoms with van der Waals surface area (Å²) in [6, 6.07) is 0.544. The van der Waals surface area contributed by atoms with Crippen LogP contribution in [0.4, 0.5) is 0 Å². The maximum Gasteiger partial charge on any atom is 0.191 e. The number of nitrogens with one attached hydrogen (secondary N) is 2. The van der Waals surface area contributed by atoms with Crippen molar-refractivity contribution in [3.63, 3.8) is 0 Å². The SMILES string of the molecule is CCNC(=NCCCOCC)NC1C2CCOC2C12CCCC2. The molecule has 0 bridgehead atoms. The first-order chi connectivity index (χ1) is 11.3. The molecule has 3 aliphatic rings. The van der Waals surface area contributed by atoms with Gasteiger partial charge in [0.05, 0.1) is 6.10 Å². The molecule has 0 aromatic carbocycles. The van der Waals surface area contributed by atoms with E-state index in [4.69, 9.17) is 14.5 Å². The number of ether oxygens (including phenoxy) is 2. The zero-order valence-corrected chi connectivity index (χ0v) is 14.8. The van der Waals surface area contributed by atoms with Gasteiger partial charge in [0, 0.05) is 50.3 Å². The Morgan fingerprint density at radius 3 is 2.87 bits per heavy atom. The Morgan fingerprint density at radius 1 is 1.30 bits per heavy atom. The number of rotatable bonds is 7. The quantitative estimate of drug-likeness (QED) is 0.429. The van der Waals surface area contributed by atoms with Crippen LogP contribution in [-0.4, -0.2) is 51.0 Å². The molecule has 0 amide bonds. The molecular formula is C18H33N3O2. The van der Waals surface area contributed by atoms with E-state index in [9.17, 15) is 0 Å². The van der Waals surface area contributed by atoms with Crippen LogP contribution in [0, 0.1) is 11.3 Å². The number of fused-ring (bicyclic) bond motifs is 2. The topological polar surface area (TPSA) is 54.9 Å². The molecule has 3 unspecified atom stereocenters. The van der Waals surface area contributed by atoms with Crippen molar-refractivity contribution in [1.29, 1.82) is 0 Å². The fourth-order valence-corrected chi connectivity index (χ4v) is 4.87. The summed E-state index contributed by atoms with van der Waals surface area (Å²) in [7, 11) is 0. The molecule has 3 atom stereocenters. The fraction of sp³-hybridized carbons (Fsp3) is 0.944. The van der Waals surface area contributed by atoms with Gasteiger partial charge in [0.1, 0.15) is 0 Å². The molecule has 2 N–H and O–H groups in total. The van der Waals surface area contributed by atoms with Gasteiger partial charge in [-0.1, -0.05) is 12.8 Å². The maximum atomic E-state index is 6.07. The third-order valence-corrected chi connectivity index (χ3v) is 5.84. The molecule has 3 fully saturated rings. The molecule has 2 saturated carbocycles. The lowest BCUT2D eigenvalue weighted by Crippen LogP contribution is -2.69. The average Bonchev–Trinajstić information content (AvgIpc) is 3.20. The largest absolute Gasteiger partial charge is 0.382 e. The van der Waals surface area contributed by atoms with Crippen LogP contribution in [0.15, 0.2) is 4.99 Å². The molecule has 1 saturated heterocycles. The van der Waals surface area contributed by atoms with Crippen molar-refractivity contribution < 1.29 is 9.47 Å². The summed E-state index contributed by atoms with van der Waals surface area (Å²) in [4.78, 5) is 4.75. The maximum absolute atomic E-state index is 6.07. The van der Waals surface area contributed by atoms with Crippen LogP contribution in [0.25, 0.3) is 0 Å². The second-order valence-electron chi connectivity index (χ2n) is 7.12. The summed E-state index contributed by atoms with van der Waals surface area (Å²) in [5.41, 5.74) is 0.378. The van der Waals surface area contributed by atoms with Crippen molar-refractivity contribution in [3.05, 3.63) is 0 Å². The molecule has 1 aliphatic heterocycles. The van der Waals surface area contributed by atoms with Gasteiger partial charge in [-0.15, -0.1) is 0 Å². The molecule has 1 spiro atoms. The molecular weight excluding hydrogens is 290 g/mol. The Labute approximate surface area is 140 Å². The zero-order valence-electron chi connectivity index (χ0n) is 14.8. The second-order valence-corrected chi connectivity index (χ2v) is 7.12. The first kappa shape index (κ1) is 17.0. The highest BCUT2D eigenvalue weighted by atomic mass is 16.5. The minimum atomic E-state index is 0.378. The van der Waals surface area contributed by atoms with Gasteiger partial charge in [-0.3, -0.25) is 4.99 Å². The number of hydrogen-bond donors (Lipinski definition) is 2. The molecule has 5 nitrogen and oxygen atoms in total. The summed E-state index contributed by atoms with van der Waals surface area (Å²) in [6.45, 7) is 8.41. The molecule has 23 heavy (non-hydrogen) atoms. The van der Waals surface area contributed by atoms with Crippen molar-refractivity contribution in [2.75, 3.05) is 32.9 Å². The van der Waals surface area contributed by atoms with Gasteiger partial charge in [-0.25, -0.2) is 0 Å². The van der Waals surface area contributed by atoms with Crippen LogP contribution in [0.1, 0.15) is 52.4 Å². The highest BCUT2D eigenvalue weighted by Crippen LogP contribution is 2.60. The normalized spacial score (nSPS) is 31.9. The van der Waals surface area contributed by atoms with Crippen LogP contribution in [-0.2, 0) is 9.47 Å². The van der Waals surface area contributed by atoms with Gasteiger partial charge < -0.3 is 20.1 Å². The highest BCUT2D eigenvalue weighted by Gasteiger charge is 2.65. The first-order valence-corrected chi connectivity index (χ1v) is 9.56. The van der Waals surface area contributed by atoms with Crippen LogP contribution in [0.3, 0.4) is 0 Å². The van der Waals surface area contributed by atoms with E-state index >= 15 is 0 Å². The van der Waals surface area contributed by atoms with E-state index < -0.39 is 0 Å². The lowest BCUT2D eigenvalue weighted by molar-refractivity contribution is -0.125. The van der Waals surface area contributed by atoms with E-state index in [-0.39, 0.29) is 0 Å². The summed E-state index contributed by atoms with van der Waals surface area (Å²) in [5, 5.41) is 7.18. The number of guanidine groups is 1. The Hall–Kier alpha value is -0.810. The van der Waals surface area contributed by atoms with Crippen molar-refractivity contribution in [2.45, 2.75) is 64.5 Å². The Kier molecular flexibility index (Phi) is 5.81. The number of nitrogens with zero attached hydrogens (tertiary/aromatic N) is 1. The third kappa shape index (κ3) is 3.36. The van der Waals surface area contributed by atoms with Gasteiger partial charge in [0.15, 0.2) is 5.96 Å². The molecule has 0 aromatic rings. The van der Waals surface area contributed by atoms with Gasteiger partial charge in [0.2, 0.25) is 0 Å². The van der Waals surface area contributed by atoms with E-state index in [1.54, 1.807) is 0 Å². The number of aliphatic imine (C=N–C) groups is 1. The van der Waals surface area contributed by atoms with E-state index in [0.717, 1.165) is 45.3 Å². The van der Waals surface area contributed by atoms with Crippen LogP contribution < -0.4 is 10.6 Å². The van der Waals surface area contributed by atoms with E-state index in [0.29, 0.717) is 23.5 Å². The van der Waals surface area contributed by atoms with Gasteiger partial charge in [-0.2, -0.15) is 0 Å². The predicted octanol–water partition coefficient (Wildman–Crippen LogP) is 2.32. The molecule has 132 valence electrons. The molecule has 3 rings (SSSR count). The first-order valence-electron chi connectivity index (χ1n) is 9.56. The van der Waals surface area contributed by atoms with Gasteiger partial charge in [0.25, 0.3) is 0 Å². The van der Waals surface area contributed by atoms with Crippen LogP contribution >= 0.6 is 0 Å². The lowest BCUT2D eigenvalue weighted by atomic mass is 9.54. The van der Waals surface area contributed by atoms with E-state index in [2.05, 4.69) is 17.6 Å². The second kappa shape index (κ2) is 7.84. The van der Waals surface area contributed by atoms with Crippen molar-refractivity contribution in [3.8, 4) is 0 Å². The summed E-state index contributed by atoms with van der Waals surface area (Å²) < 4.78 is 11.5. The monoisotopic (exact) mass is 323 g/mol. The minimum Gasteiger partial charge on any atom is -0.382 e. The smallest absolute Gasteiger partial charge is 0.191 e. The van der Waals surface area contributed by atoms with Crippen molar-refractivity contribution in [2.24, 2.45) is 16.3 Å². The van der Waals surface area contributed by atoms with E-state index in [1.807, 2.05) is 6.92 Å². The van der Waals surface area contributed by atoms with Crippen LogP contribution in [0.5, 0.6) is 0 Å². The predicted molar refractivity (Wildman–Crippen MR) is 92.8 cm³/mol. The molecule has 5 heteroatoms. The van der Waals surface area contributed by atoms with Crippen molar-refractivity contribution in [1.82, 2.24) is 10.6 Å². The van der Waals surface area contributed by atoms with E-state index in [1.165, 1.54) is 32.1 Å². The van der Waals surface area contributed by atoms with Crippen molar-refractivity contribution >= 4 is 5.96 Å². The Bertz CT molecular complexity index is 407. The average molecular weight is 323 g/mol. The standard InChI is InChI=1S/C18H33N3O2/c1-3-19-17(20-11-7-12-22-4-2)21-15-14-8-13-23-16(14)18(15)9-5-6-10-18/h14-16H,3-13H2,1-2H3,(H2,19,20,21). The van der Waals surface area contributed by atoms with Crippen LogP contribution in [0.2, 0.25) is 0 Å². The van der Waals surface area contributed by atoms with Gasteiger partial charge >= 0.3 is 0 Å². The summed E-state index contributed by atoms with van der Waals surface area (Å²) in [5.74, 6) is 1.66. The zero-order chi connectivity index (χ0) is 16.1. The number of hydrogen-bond acceptors (Lipinski definition) is 3. The Balaban J connectivity index is 1.59. The molecule has 0 aromatic heterocycles. The molecule has 1 heterocycles. The third-order valence-electron chi connectivity index (χ3n) is 5.84. The molecule has 2 aliphatic carbocycles. The minimum absolute atomic E-state index is 0.378. The summed E-state index contributed by atoms with van der Waals surface area (Å²) >= 11 is 0. The highest BCUT2D eigenvalue weighted by molar-refractivity contribution is 5.80. The summed E-state index contributed by atoms with van der Waals surface area (Å²) in [6.07, 6.45) is 8.02.